The molecule has 5 rings (SSSR count). The van der Waals surface area contributed by atoms with Gasteiger partial charge in [-0.15, -0.1) is 0 Å². The minimum absolute atomic E-state index is 0.0208. The van der Waals surface area contributed by atoms with Gasteiger partial charge in [0.05, 0.1) is 10.7 Å². The van der Waals surface area contributed by atoms with Crippen LogP contribution in [-0.4, -0.2) is 98.2 Å². The molecule has 0 aliphatic carbocycles. The van der Waals surface area contributed by atoms with Gasteiger partial charge in [-0.1, -0.05) is 23.7 Å². The number of rotatable bonds is 10. The fourth-order valence-electron chi connectivity index (χ4n) is 4.86. The number of carbonyl (C=O) groups excluding carboxylic acids is 2. The van der Waals surface area contributed by atoms with E-state index in [0.29, 0.717) is 68.7 Å². The number of hydrogen-bond acceptors (Lipinski definition) is 8. The van der Waals surface area contributed by atoms with Gasteiger partial charge in [0.15, 0.2) is 5.78 Å². The second-order valence-corrected chi connectivity index (χ2v) is 12.3. The first-order chi connectivity index (χ1) is 20.3. The topological polar surface area (TPSA) is 112 Å². The first kappa shape index (κ1) is 30.2. The van der Waals surface area contributed by atoms with E-state index >= 15 is 0 Å². The number of benzene rings is 3. The zero-order chi connectivity index (χ0) is 29.6. The molecule has 0 spiro atoms. The summed E-state index contributed by atoms with van der Waals surface area (Å²) in [4.78, 5) is 43.0. The Labute approximate surface area is 263 Å². The summed E-state index contributed by atoms with van der Waals surface area (Å²) in [5.41, 5.74) is 1.30. The van der Waals surface area contributed by atoms with E-state index < -0.39 is 0 Å². The maximum absolute atomic E-state index is 13.1. The number of carbonyl (C=O) groups is 2. The Balaban J connectivity index is 1.08. The summed E-state index contributed by atoms with van der Waals surface area (Å²) in [5, 5.41) is 13.7. The van der Waals surface area contributed by atoms with E-state index in [9.17, 15) is 19.5 Å². The van der Waals surface area contributed by atoms with E-state index in [1.807, 2.05) is 12.1 Å². The van der Waals surface area contributed by atoms with Crippen LogP contribution in [0.4, 0.5) is 5.69 Å². The molecular formula is C31H29ClN3O6Pb. The Hall–Kier alpha value is -3.26. The third-order valence-corrected chi connectivity index (χ3v) is 9.10. The largest absolute Gasteiger partial charge is 0.508 e. The predicted molar refractivity (Wildman–Crippen MR) is 162 cm³/mol. The van der Waals surface area contributed by atoms with Gasteiger partial charge >= 0.3 is 157 Å². The molecule has 0 unspecified atom stereocenters. The third-order valence-electron chi connectivity index (χ3n) is 7.09. The summed E-state index contributed by atoms with van der Waals surface area (Å²) < 4.78 is 12.3. The van der Waals surface area contributed by atoms with Crippen LogP contribution < -0.4 is 18.6 Å². The number of hydrogen-bond donors (Lipinski definition) is 2. The molecule has 2 N–H and O–H groups in total. The number of nitrogens with one attached hydrogen (secondary N) is 1. The van der Waals surface area contributed by atoms with E-state index in [1.165, 1.54) is 18.2 Å². The summed E-state index contributed by atoms with van der Waals surface area (Å²) in [6.07, 6.45) is 0.779. The minimum atomic E-state index is -0.385. The van der Waals surface area contributed by atoms with Crippen molar-refractivity contribution in [2.24, 2.45) is 0 Å². The van der Waals surface area contributed by atoms with Crippen molar-refractivity contribution in [3.05, 3.63) is 93.1 Å². The van der Waals surface area contributed by atoms with Crippen LogP contribution in [0.25, 0.3) is 11.0 Å². The van der Waals surface area contributed by atoms with Crippen LogP contribution >= 0.6 is 11.6 Å². The van der Waals surface area contributed by atoms with Gasteiger partial charge in [-0.05, 0) is 30.3 Å². The van der Waals surface area contributed by atoms with Crippen molar-refractivity contribution in [2.75, 3.05) is 51.2 Å². The number of anilines is 1. The number of aromatic hydroxyl groups is 1. The van der Waals surface area contributed by atoms with Gasteiger partial charge in [-0.2, -0.15) is 0 Å². The molecule has 3 aromatic carbocycles. The van der Waals surface area contributed by atoms with Crippen LogP contribution in [0.2, 0.25) is 5.02 Å². The smallest absolute Gasteiger partial charge is 0.196 e. The molecule has 215 valence electrons. The third kappa shape index (κ3) is 7.20. The second-order valence-electron chi connectivity index (χ2n) is 10.00. The van der Waals surface area contributed by atoms with E-state index in [4.69, 9.17) is 20.8 Å². The van der Waals surface area contributed by atoms with Gasteiger partial charge in [0, 0.05) is 11.1 Å². The normalized spacial score (nSPS) is 14.1. The van der Waals surface area contributed by atoms with Crippen molar-refractivity contribution in [1.29, 1.82) is 0 Å². The van der Waals surface area contributed by atoms with Gasteiger partial charge in [0.1, 0.15) is 5.75 Å². The van der Waals surface area contributed by atoms with E-state index in [-0.39, 0.29) is 35.0 Å². The molecule has 11 heteroatoms. The Morgan fingerprint density at radius 3 is 2.48 bits per heavy atom. The molecule has 4 aromatic rings. The summed E-state index contributed by atoms with van der Waals surface area (Å²) in [7, 11) is 0. The SMILES string of the molecule is O=C(CN1CCN(CCCOc2oc3ccccc3c(=O)[c]2[Pb])CC1)Nc1ccc(O)cc1C(=O)c1ccccc1Cl. The van der Waals surface area contributed by atoms with Crippen LogP contribution in [0.1, 0.15) is 22.3 Å². The molecule has 9 nitrogen and oxygen atoms in total. The van der Waals surface area contributed by atoms with Gasteiger partial charge < -0.3 is 10.4 Å². The summed E-state index contributed by atoms with van der Waals surface area (Å²) in [6, 6.07) is 18.1. The molecule has 1 saturated heterocycles. The number of ether oxygens (including phenoxy) is 1. The molecule has 0 bridgehead atoms. The van der Waals surface area contributed by atoms with Crippen molar-refractivity contribution < 1.29 is 23.8 Å². The van der Waals surface area contributed by atoms with Gasteiger partial charge in [-0.3, -0.25) is 9.59 Å². The predicted octanol–water partition coefficient (Wildman–Crippen LogP) is 3.20. The fourth-order valence-corrected chi connectivity index (χ4v) is 6.08. The molecule has 2 heterocycles. The van der Waals surface area contributed by atoms with Crippen molar-refractivity contribution >= 4 is 68.8 Å². The van der Waals surface area contributed by atoms with Gasteiger partial charge in [0.2, 0.25) is 0 Å². The molecule has 1 aliphatic heterocycles. The number of phenols is 1. The molecular weight excluding hydrogens is 753 g/mol. The molecule has 0 atom stereocenters. The Morgan fingerprint density at radius 1 is 0.976 bits per heavy atom. The zero-order valence-electron chi connectivity index (χ0n) is 22.8. The number of nitrogens with zero attached hydrogens (tertiary/aromatic N) is 2. The van der Waals surface area contributed by atoms with Crippen molar-refractivity contribution in [3.8, 4) is 11.7 Å². The van der Waals surface area contributed by atoms with Crippen LogP contribution in [0.5, 0.6) is 11.7 Å². The standard InChI is InChI=1S/C31H29ClN3O6.Pb/c32-25-8-3-1-6-22(25)31(39)24-18-21(36)10-11-26(24)33-29(38)20-35-15-13-34(14-16-35)12-5-17-40-30-19-27(37)23-7-2-4-9-28(23)41-30;/h1-4,6-11,18,36H,5,12-17,20H2,(H,33,38);. The minimum Gasteiger partial charge on any atom is -0.508 e. The summed E-state index contributed by atoms with van der Waals surface area (Å²) in [5.74, 6) is -0.383. The van der Waals surface area contributed by atoms with Gasteiger partial charge in [-0.25, -0.2) is 0 Å². The first-order valence-electron chi connectivity index (χ1n) is 13.6. The fraction of sp³-hybridized carbons (Fsp3) is 0.258. The monoisotopic (exact) mass is 782 g/mol. The number of amides is 1. The van der Waals surface area contributed by atoms with Crippen LogP contribution in [-0.2, 0) is 4.79 Å². The Kier molecular flexibility index (Phi) is 9.93. The second kappa shape index (κ2) is 13.8. The molecule has 3 radical (unpaired) electrons. The molecule has 1 aliphatic rings. The molecule has 1 fully saturated rings. The molecule has 0 saturated carbocycles. The summed E-state index contributed by atoms with van der Waals surface area (Å²) in [6.45, 7) is 4.51. The molecule has 1 aromatic heterocycles. The average Bonchev–Trinajstić information content (AvgIpc) is 2.99. The molecule has 1 amide bonds. The molecule has 42 heavy (non-hydrogen) atoms. The van der Waals surface area contributed by atoms with Crippen LogP contribution in [0, 0.1) is 0 Å². The van der Waals surface area contributed by atoms with E-state index in [0.717, 1.165) is 39.1 Å². The quantitative estimate of drug-likeness (QED) is 0.109. The average molecular weight is 782 g/mol. The number of ketones is 1. The van der Waals surface area contributed by atoms with E-state index in [2.05, 4.69) is 15.1 Å². The van der Waals surface area contributed by atoms with Crippen molar-refractivity contribution in [1.82, 2.24) is 9.80 Å². The number of fused-ring (bicyclic) bond motifs is 1. The maximum Gasteiger partial charge on any atom is 0.196 e. The zero-order valence-corrected chi connectivity index (χ0v) is 27.4. The Bertz CT molecular complexity index is 1670. The van der Waals surface area contributed by atoms with Crippen molar-refractivity contribution in [2.45, 2.75) is 6.42 Å². The van der Waals surface area contributed by atoms with Crippen LogP contribution in [0.3, 0.4) is 0 Å². The number of phenolic OH excluding ortho intramolecular Hbond substituents is 1. The number of para-hydroxylation sites is 1. The number of halogens is 1. The summed E-state index contributed by atoms with van der Waals surface area (Å²) >= 11 is 6.74. The van der Waals surface area contributed by atoms with Gasteiger partial charge in [0.25, 0.3) is 0 Å². The maximum atomic E-state index is 13.1. The number of piperazine rings is 1. The first-order valence-corrected chi connectivity index (χ1v) is 15.9. The Morgan fingerprint density at radius 2 is 1.69 bits per heavy atom. The van der Waals surface area contributed by atoms with Crippen LogP contribution in [0.15, 0.2) is 75.9 Å². The van der Waals surface area contributed by atoms with Crippen molar-refractivity contribution in [3.63, 3.8) is 0 Å². The van der Waals surface area contributed by atoms with E-state index in [1.54, 1.807) is 36.4 Å².